The number of hydrogen-bond donors (Lipinski definition) is 0. The van der Waals surface area contributed by atoms with Gasteiger partial charge in [0.1, 0.15) is 0 Å². The van der Waals surface area contributed by atoms with Gasteiger partial charge in [-0.2, -0.15) is 5.26 Å². The van der Waals surface area contributed by atoms with Gasteiger partial charge in [-0.25, -0.2) is 0 Å². The van der Waals surface area contributed by atoms with E-state index >= 15 is 0 Å². The van der Waals surface area contributed by atoms with Crippen LogP contribution in [0, 0.1) is 11.3 Å². The molecular weight excluding hydrogens is 218 g/mol. The maximum atomic E-state index is 8.65. The molecule has 1 aromatic carbocycles. The first-order valence-corrected chi connectivity index (χ1v) is 6.37. The van der Waals surface area contributed by atoms with E-state index in [4.69, 9.17) is 5.26 Å². The van der Waals surface area contributed by atoms with Gasteiger partial charge in [0.15, 0.2) is 0 Å². The summed E-state index contributed by atoms with van der Waals surface area (Å²) in [7, 11) is 0. The minimum Gasteiger partial charge on any atom is -0.193 e. The number of nitriles is 1. The van der Waals surface area contributed by atoms with Crippen LogP contribution in [0.2, 0.25) is 0 Å². The lowest BCUT2D eigenvalue weighted by Gasteiger charge is -2.25. The first kappa shape index (κ1) is 14.5. The zero-order valence-electron chi connectivity index (χ0n) is 12.3. The van der Waals surface area contributed by atoms with Crippen molar-refractivity contribution in [1.82, 2.24) is 0 Å². The third kappa shape index (κ3) is 3.74. The lowest BCUT2D eigenvalue weighted by Crippen LogP contribution is -2.16. The minimum atomic E-state index is 0.122. The van der Waals surface area contributed by atoms with Gasteiger partial charge in [0.05, 0.1) is 6.07 Å². The third-order valence-electron chi connectivity index (χ3n) is 3.04. The van der Waals surface area contributed by atoms with Crippen LogP contribution in [-0.2, 0) is 10.8 Å². The van der Waals surface area contributed by atoms with Crippen molar-refractivity contribution in [2.45, 2.75) is 52.4 Å². The highest BCUT2D eigenvalue weighted by molar-refractivity contribution is 5.55. The average Bonchev–Trinajstić information content (AvgIpc) is 2.23. The Morgan fingerprint density at radius 1 is 0.889 bits per heavy atom. The zero-order valence-corrected chi connectivity index (χ0v) is 12.3. The SMILES string of the molecule is CC(C)(C)c1cc(C=CC#N)cc(C(C)(C)C)c1. The van der Waals surface area contributed by atoms with Gasteiger partial charge >= 0.3 is 0 Å². The maximum absolute atomic E-state index is 8.65. The normalized spacial score (nSPS) is 12.7. The molecule has 0 saturated carbocycles. The Labute approximate surface area is 111 Å². The largest absolute Gasteiger partial charge is 0.193 e. The number of rotatable bonds is 1. The van der Waals surface area contributed by atoms with Crippen molar-refractivity contribution in [3.05, 3.63) is 41.0 Å². The Hall–Kier alpha value is -1.55. The molecule has 1 rings (SSSR count). The monoisotopic (exact) mass is 241 g/mol. The van der Waals surface area contributed by atoms with E-state index in [0.717, 1.165) is 5.56 Å². The molecule has 0 radical (unpaired) electrons. The van der Waals surface area contributed by atoms with Crippen molar-refractivity contribution in [3.63, 3.8) is 0 Å². The first-order valence-electron chi connectivity index (χ1n) is 6.37. The zero-order chi connectivity index (χ0) is 14.0. The molecule has 0 spiro atoms. The second-order valence-corrected chi connectivity index (χ2v) is 6.81. The van der Waals surface area contributed by atoms with E-state index in [9.17, 15) is 0 Å². The van der Waals surface area contributed by atoms with Crippen molar-refractivity contribution in [2.75, 3.05) is 0 Å². The third-order valence-corrected chi connectivity index (χ3v) is 3.04. The highest BCUT2D eigenvalue weighted by Crippen LogP contribution is 2.30. The molecule has 0 amide bonds. The fourth-order valence-corrected chi connectivity index (χ4v) is 1.75. The Morgan fingerprint density at radius 2 is 1.33 bits per heavy atom. The van der Waals surface area contributed by atoms with Gasteiger partial charge in [-0.3, -0.25) is 0 Å². The second kappa shape index (κ2) is 4.98. The van der Waals surface area contributed by atoms with Gasteiger partial charge in [0.25, 0.3) is 0 Å². The highest BCUT2D eigenvalue weighted by atomic mass is 14.2. The fraction of sp³-hybridized carbons (Fsp3) is 0.471. The summed E-state index contributed by atoms with van der Waals surface area (Å²) in [5, 5.41) is 8.65. The van der Waals surface area contributed by atoms with E-state index < -0.39 is 0 Å². The van der Waals surface area contributed by atoms with Crippen LogP contribution in [0.4, 0.5) is 0 Å². The highest BCUT2D eigenvalue weighted by Gasteiger charge is 2.19. The summed E-state index contributed by atoms with van der Waals surface area (Å²) in [5.41, 5.74) is 3.97. The molecule has 0 heterocycles. The topological polar surface area (TPSA) is 23.8 Å². The molecule has 96 valence electrons. The Morgan fingerprint density at radius 3 is 1.67 bits per heavy atom. The van der Waals surface area contributed by atoms with Crippen LogP contribution in [0.25, 0.3) is 6.08 Å². The lowest BCUT2D eigenvalue weighted by atomic mass is 9.79. The molecule has 0 N–H and O–H groups in total. The van der Waals surface area contributed by atoms with E-state index in [0.29, 0.717) is 0 Å². The molecule has 0 aliphatic carbocycles. The summed E-state index contributed by atoms with van der Waals surface area (Å²) >= 11 is 0. The van der Waals surface area contributed by atoms with Gasteiger partial charge in [-0.05, 0) is 33.6 Å². The number of nitrogens with zero attached hydrogens (tertiary/aromatic N) is 1. The summed E-state index contributed by atoms with van der Waals surface area (Å²) < 4.78 is 0. The molecule has 0 atom stereocenters. The molecule has 1 nitrogen and oxygen atoms in total. The smallest absolute Gasteiger partial charge is 0.0912 e. The van der Waals surface area contributed by atoms with E-state index in [1.54, 1.807) is 0 Å². The summed E-state index contributed by atoms with van der Waals surface area (Å²) in [4.78, 5) is 0. The number of hydrogen-bond acceptors (Lipinski definition) is 1. The van der Waals surface area contributed by atoms with Gasteiger partial charge in [0.2, 0.25) is 0 Å². The first-order chi connectivity index (χ1) is 8.14. The van der Waals surface area contributed by atoms with Crippen LogP contribution >= 0.6 is 0 Å². The molecule has 0 fully saturated rings. The molecule has 0 aliphatic rings. The van der Waals surface area contributed by atoms with Crippen LogP contribution < -0.4 is 0 Å². The maximum Gasteiger partial charge on any atom is 0.0912 e. The van der Waals surface area contributed by atoms with Gasteiger partial charge in [0, 0.05) is 6.08 Å². The van der Waals surface area contributed by atoms with Crippen molar-refractivity contribution in [1.29, 1.82) is 5.26 Å². The molecule has 1 aromatic rings. The van der Waals surface area contributed by atoms with E-state index in [1.807, 2.05) is 6.08 Å². The summed E-state index contributed by atoms with van der Waals surface area (Å²) in [5.74, 6) is 0. The van der Waals surface area contributed by atoms with Crippen LogP contribution in [0.15, 0.2) is 24.3 Å². The van der Waals surface area contributed by atoms with Gasteiger partial charge in [-0.1, -0.05) is 59.7 Å². The summed E-state index contributed by atoms with van der Waals surface area (Å²) in [6.45, 7) is 13.3. The molecule has 0 aliphatic heterocycles. The molecule has 18 heavy (non-hydrogen) atoms. The molecule has 0 aromatic heterocycles. The molecule has 0 saturated heterocycles. The number of allylic oxidation sites excluding steroid dienone is 1. The van der Waals surface area contributed by atoms with Crippen LogP contribution in [0.1, 0.15) is 58.2 Å². The second-order valence-electron chi connectivity index (χ2n) is 6.81. The summed E-state index contributed by atoms with van der Waals surface area (Å²) in [6.07, 6.45) is 3.42. The quantitative estimate of drug-likeness (QED) is 0.647. The predicted molar refractivity (Wildman–Crippen MR) is 78.5 cm³/mol. The molecular formula is C17H23N. The predicted octanol–water partition coefficient (Wildman–Crippen LogP) is 4.82. The van der Waals surface area contributed by atoms with E-state index in [1.165, 1.54) is 17.2 Å². The Bertz CT molecular complexity index is 456. The number of benzene rings is 1. The van der Waals surface area contributed by atoms with Crippen molar-refractivity contribution in [2.24, 2.45) is 0 Å². The summed E-state index contributed by atoms with van der Waals surface area (Å²) in [6, 6.07) is 8.67. The minimum absolute atomic E-state index is 0.122. The van der Waals surface area contributed by atoms with E-state index in [2.05, 4.69) is 65.8 Å². The van der Waals surface area contributed by atoms with Gasteiger partial charge in [-0.15, -0.1) is 0 Å². The Balaban J connectivity index is 3.40. The average molecular weight is 241 g/mol. The van der Waals surface area contributed by atoms with Crippen LogP contribution in [-0.4, -0.2) is 0 Å². The standard InChI is InChI=1S/C17H23N/c1-16(2,3)14-10-13(8-7-9-18)11-15(12-14)17(4,5)6/h7-8,10-12H,1-6H3. The lowest BCUT2D eigenvalue weighted by molar-refractivity contribution is 0.568. The van der Waals surface area contributed by atoms with Crippen molar-refractivity contribution in [3.8, 4) is 6.07 Å². The van der Waals surface area contributed by atoms with Crippen LogP contribution in [0.5, 0.6) is 0 Å². The van der Waals surface area contributed by atoms with E-state index in [-0.39, 0.29) is 10.8 Å². The molecule has 0 bridgehead atoms. The van der Waals surface area contributed by atoms with Crippen molar-refractivity contribution >= 4 is 6.08 Å². The van der Waals surface area contributed by atoms with Crippen molar-refractivity contribution < 1.29 is 0 Å². The van der Waals surface area contributed by atoms with Crippen LogP contribution in [0.3, 0.4) is 0 Å². The molecule has 1 heteroatoms. The Kier molecular flexibility index (Phi) is 4.02. The molecule has 0 unspecified atom stereocenters. The van der Waals surface area contributed by atoms with Gasteiger partial charge < -0.3 is 0 Å². The fourth-order valence-electron chi connectivity index (χ4n) is 1.75.